The first-order valence-electron chi connectivity index (χ1n) is 10.5. The molecule has 0 bridgehead atoms. The molecule has 7 nitrogen and oxygen atoms in total. The van der Waals surface area contributed by atoms with Gasteiger partial charge in [0.2, 0.25) is 0 Å². The van der Waals surface area contributed by atoms with Crippen molar-refractivity contribution < 1.29 is 14.3 Å². The highest BCUT2D eigenvalue weighted by molar-refractivity contribution is 6.04. The predicted molar refractivity (Wildman–Crippen MR) is 122 cm³/mol. The van der Waals surface area contributed by atoms with Gasteiger partial charge >= 0.3 is 0 Å². The summed E-state index contributed by atoms with van der Waals surface area (Å²) in [5.41, 5.74) is 7.54. The number of aryl methyl sites for hydroxylation is 1. The number of rotatable bonds is 9. The van der Waals surface area contributed by atoms with Gasteiger partial charge in [0.15, 0.2) is 0 Å². The molecule has 30 heavy (non-hydrogen) atoms. The van der Waals surface area contributed by atoms with E-state index >= 15 is 0 Å². The number of nitrogens with one attached hydrogen (secondary N) is 1. The maximum atomic E-state index is 12.6. The zero-order valence-electron chi connectivity index (χ0n) is 18.5. The fourth-order valence-electron chi connectivity index (χ4n) is 3.30. The number of amidine groups is 1. The standard InChI is InChI=1S/C23H34N4O3/c1-5-30-23(3)15-7-10-20(25-16-23)21(28)27-19-13-11-18(12-14-19)9-6-8-17(2)26-22(24)29-4/h10-14,16-17H,5-9,15H2,1-4H3,(H2,24,26)(H,27,28). The van der Waals surface area contributed by atoms with Gasteiger partial charge < -0.3 is 20.5 Å². The van der Waals surface area contributed by atoms with E-state index in [1.807, 2.05) is 51.1 Å². The monoisotopic (exact) mass is 414 g/mol. The smallest absolute Gasteiger partial charge is 0.281 e. The molecule has 2 rings (SSSR count). The van der Waals surface area contributed by atoms with Crippen molar-refractivity contribution in [1.29, 1.82) is 0 Å². The zero-order chi connectivity index (χ0) is 22.0. The normalized spacial score (nSPS) is 20.3. The van der Waals surface area contributed by atoms with Gasteiger partial charge in [-0.15, -0.1) is 0 Å². The number of hydrogen-bond donors (Lipinski definition) is 2. The molecular formula is C23H34N4O3. The largest absolute Gasteiger partial charge is 0.469 e. The highest BCUT2D eigenvalue weighted by atomic mass is 16.5. The average molecular weight is 415 g/mol. The Morgan fingerprint density at radius 2 is 2.10 bits per heavy atom. The van der Waals surface area contributed by atoms with Crippen LogP contribution in [-0.4, -0.2) is 43.5 Å². The Balaban J connectivity index is 1.85. The number of hydrogen-bond acceptors (Lipinski definition) is 5. The Morgan fingerprint density at radius 3 is 2.77 bits per heavy atom. The molecule has 1 amide bonds. The number of carbonyl (C=O) groups excluding carboxylic acids is 1. The van der Waals surface area contributed by atoms with Gasteiger partial charge in [-0.25, -0.2) is 4.99 Å². The van der Waals surface area contributed by atoms with Crippen molar-refractivity contribution in [2.75, 3.05) is 19.0 Å². The molecule has 1 aliphatic rings. The minimum absolute atomic E-state index is 0.126. The van der Waals surface area contributed by atoms with E-state index in [1.165, 1.54) is 12.7 Å². The topological polar surface area (TPSA) is 98.3 Å². The van der Waals surface area contributed by atoms with Crippen molar-refractivity contribution in [1.82, 2.24) is 0 Å². The third kappa shape index (κ3) is 7.63. The molecule has 0 fully saturated rings. The molecule has 2 unspecified atom stereocenters. The molecule has 3 N–H and O–H groups in total. The molecule has 7 heteroatoms. The molecule has 1 aromatic rings. The Kier molecular flexibility index (Phi) is 9.05. The quantitative estimate of drug-likeness (QED) is 0.474. The van der Waals surface area contributed by atoms with Crippen molar-refractivity contribution >= 4 is 23.8 Å². The highest BCUT2D eigenvalue weighted by Crippen LogP contribution is 2.21. The molecule has 164 valence electrons. The van der Waals surface area contributed by atoms with Crippen molar-refractivity contribution in [3.05, 3.63) is 41.6 Å². The molecule has 1 aromatic carbocycles. The molecular weight excluding hydrogens is 380 g/mol. The van der Waals surface area contributed by atoms with Crippen LogP contribution in [0.25, 0.3) is 0 Å². The summed E-state index contributed by atoms with van der Waals surface area (Å²) in [4.78, 5) is 21.2. The number of ether oxygens (including phenoxy) is 2. The minimum atomic E-state index is -0.424. The molecule has 1 heterocycles. The molecule has 0 aliphatic carbocycles. The average Bonchev–Trinajstić information content (AvgIpc) is 2.91. The molecule has 0 radical (unpaired) electrons. The minimum Gasteiger partial charge on any atom is -0.469 e. The summed E-state index contributed by atoms with van der Waals surface area (Å²) in [5, 5.41) is 2.92. The maximum Gasteiger partial charge on any atom is 0.281 e. The van der Waals surface area contributed by atoms with Gasteiger partial charge in [-0.3, -0.25) is 9.79 Å². The van der Waals surface area contributed by atoms with Gasteiger partial charge in [-0.05, 0) is 70.6 Å². The summed E-state index contributed by atoms with van der Waals surface area (Å²) in [6.07, 6.45) is 8.01. The number of allylic oxidation sites excluding steroid dienone is 1. The molecule has 0 aromatic heterocycles. The number of benzene rings is 1. The Labute approximate surface area is 179 Å². The SMILES string of the molecule is CCOC1(C)C=NC(C(=O)Nc2ccc(CCCC(C)N=C(N)OC)cc2)=CCC1. The Hall–Kier alpha value is -2.67. The van der Waals surface area contributed by atoms with Crippen LogP contribution < -0.4 is 11.1 Å². The van der Waals surface area contributed by atoms with Crippen LogP contribution in [0.5, 0.6) is 0 Å². The van der Waals surface area contributed by atoms with E-state index in [0.717, 1.165) is 37.8 Å². The van der Waals surface area contributed by atoms with E-state index in [0.29, 0.717) is 12.3 Å². The number of carbonyl (C=O) groups is 1. The number of anilines is 1. The fourth-order valence-corrected chi connectivity index (χ4v) is 3.30. The first-order chi connectivity index (χ1) is 14.3. The van der Waals surface area contributed by atoms with Crippen LogP contribution in [0.4, 0.5) is 5.69 Å². The molecule has 0 saturated heterocycles. The fraction of sp³-hybridized carbons (Fsp3) is 0.522. The van der Waals surface area contributed by atoms with Crippen LogP contribution in [0.15, 0.2) is 46.0 Å². The number of nitrogens with zero attached hydrogens (tertiary/aromatic N) is 2. The summed E-state index contributed by atoms with van der Waals surface area (Å²) < 4.78 is 10.6. The van der Waals surface area contributed by atoms with E-state index in [4.69, 9.17) is 15.2 Å². The Morgan fingerprint density at radius 1 is 1.37 bits per heavy atom. The van der Waals surface area contributed by atoms with E-state index in [2.05, 4.69) is 15.3 Å². The number of methoxy groups -OCH3 is 1. The van der Waals surface area contributed by atoms with Gasteiger partial charge in [0.25, 0.3) is 11.9 Å². The summed E-state index contributed by atoms with van der Waals surface area (Å²) >= 11 is 0. The van der Waals surface area contributed by atoms with Crippen LogP contribution in [0.3, 0.4) is 0 Å². The lowest BCUT2D eigenvalue weighted by molar-refractivity contribution is -0.112. The van der Waals surface area contributed by atoms with Crippen LogP contribution in [0, 0.1) is 0 Å². The number of amides is 1. The van der Waals surface area contributed by atoms with Crippen LogP contribution in [-0.2, 0) is 20.7 Å². The van der Waals surface area contributed by atoms with Gasteiger partial charge in [-0.1, -0.05) is 18.2 Å². The van der Waals surface area contributed by atoms with Gasteiger partial charge in [0, 0.05) is 18.5 Å². The molecule has 0 saturated carbocycles. The van der Waals surface area contributed by atoms with E-state index < -0.39 is 5.60 Å². The van der Waals surface area contributed by atoms with Crippen molar-refractivity contribution in [2.24, 2.45) is 15.7 Å². The molecule has 1 aliphatic heterocycles. The van der Waals surface area contributed by atoms with Crippen LogP contribution in [0.1, 0.15) is 52.0 Å². The predicted octanol–water partition coefficient (Wildman–Crippen LogP) is 3.84. The van der Waals surface area contributed by atoms with Crippen molar-refractivity contribution in [2.45, 2.75) is 64.5 Å². The number of nitrogens with two attached hydrogens (primary N) is 1. The molecule has 0 spiro atoms. The summed E-state index contributed by atoms with van der Waals surface area (Å²) in [7, 11) is 1.52. The van der Waals surface area contributed by atoms with Crippen LogP contribution >= 0.6 is 0 Å². The lowest BCUT2D eigenvalue weighted by Crippen LogP contribution is -2.30. The second-order valence-corrected chi connectivity index (χ2v) is 7.70. The first kappa shape index (κ1) is 23.6. The van der Waals surface area contributed by atoms with E-state index in [1.54, 1.807) is 6.21 Å². The highest BCUT2D eigenvalue weighted by Gasteiger charge is 2.24. The summed E-state index contributed by atoms with van der Waals surface area (Å²) in [6.45, 7) is 6.59. The third-order valence-corrected chi connectivity index (χ3v) is 5.02. The second-order valence-electron chi connectivity index (χ2n) is 7.70. The van der Waals surface area contributed by atoms with Crippen molar-refractivity contribution in [3.63, 3.8) is 0 Å². The zero-order valence-corrected chi connectivity index (χ0v) is 18.5. The lowest BCUT2D eigenvalue weighted by Gasteiger charge is -2.23. The van der Waals surface area contributed by atoms with E-state index in [-0.39, 0.29) is 18.0 Å². The lowest BCUT2D eigenvalue weighted by atomic mass is 10.0. The number of aliphatic imine (C=N–C) groups is 2. The van der Waals surface area contributed by atoms with Crippen molar-refractivity contribution in [3.8, 4) is 0 Å². The summed E-state index contributed by atoms with van der Waals surface area (Å²) in [6, 6.07) is 8.25. The third-order valence-electron chi connectivity index (χ3n) is 5.02. The van der Waals surface area contributed by atoms with E-state index in [9.17, 15) is 4.79 Å². The Bertz CT molecular complexity index is 786. The summed E-state index contributed by atoms with van der Waals surface area (Å²) in [5.74, 6) is -0.206. The second kappa shape index (κ2) is 11.5. The van der Waals surface area contributed by atoms with Gasteiger partial charge in [0.1, 0.15) is 11.3 Å². The molecule has 2 atom stereocenters. The maximum absolute atomic E-state index is 12.6. The van der Waals surface area contributed by atoms with Gasteiger partial charge in [0.05, 0.1) is 13.2 Å². The van der Waals surface area contributed by atoms with Crippen LogP contribution in [0.2, 0.25) is 0 Å². The van der Waals surface area contributed by atoms with Gasteiger partial charge in [-0.2, -0.15) is 0 Å². The first-order valence-corrected chi connectivity index (χ1v) is 10.5.